The van der Waals surface area contributed by atoms with Crippen LogP contribution in [0.15, 0.2) is 12.2 Å². The lowest BCUT2D eigenvalue weighted by Gasteiger charge is -2.36. The fraction of sp³-hybridized carbons (Fsp3) is 0.800. The number of fused-ring (bicyclic) bond motifs is 5. The predicted molar refractivity (Wildman–Crippen MR) is 92.6 cm³/mol. The van der Waals surface area contributed by atoms with Crippen LogP contribution in [0.5, 0.6) is 0 Å². The molecule has 8 nitrogen and oxygen atoms in total. The Balaban J connectivity index is 1.56. The van der Waals surface area contributed by atoms with Gasteiger partial charge in [-0.2, -0.15) is 0 Å². The number of hydrogen-bond acceptors (Lipinski definition) is 8. The summed E-state index contributed by atoms with van der Waals surface area (Å²) in [5.74, 6) is -4.26. The molecule has 0 aromatic rings. The topological polar surface area (TPSA) is 115 Å². The first-order valence-corrected chi connectivity index (χ1v) is 9.87. The third-order valence-corrected chi connectivity index (χ3v) is 7.24. The molecule has 0 bridgehead atoms. The molecule has 2 N–H and O–H groups in total. The number of carbonyl (C=O) groups is 2. The van der Waals surface area contributed by atoms with Crippen molar-refractivity contribution in [2.45, 2.75) is 68.9 Å². The molecule has 0 radical (unpaired) electrons. The van der Waals surface area contributed by atoms with Gasteiger partial charge >= 0.3 is 11.9 Å². The summed E-state index contributed by atoms with van der Waals surface area (Å²) in [6.07, 6.45) is -1.82. The van der Waals surface area contributed by atoms with Crippen LogP contribution in [-0.4, -0.2) is 64.1 Å². The zero-order chi connectivity index (χ0) is 20.2. The minimum atomic E-state index is -1.65. The first-order valence-electron chi connectivity index (χ1n) is 9.87. The van der Waals surface area contributed by atoms with Gasteiger partial charge in [-0.1, -0.05) is 20.4 Å². The van der Waals surface area contributed by atoms with Crippen molar-refractivity contribution in [3.8, 4) is 0 Å². The average Bonchev–Trinajstić information content (AvgIpc) is 3.06. The zero-order valence-electron chi connectivity index (χ0n) is 16.2. The molecule has 9 atom stereocenters. The molecule has 2 saturated carbocycles. The van der Waals surface area contributed by atoms with Crippen molar-refractivity contribution >= 4 is 11.9 Å². The molecule has 0 spiro atoms. The molecule has 3 heterocycles. The Morgan fingerprint density at radius 1 is 1.39 bits per heavy atom. The quantitative estimate of drug-likeness (QED) is 0.399. The lowest BCUT2D eigenvalue weighted by Crippen LogP contribution is -2.50. The Bertz CT molecular complexity index is 778. The fourth-order valence-electron chi connectivity index (χ4n) is 6.12. The van der Waals surface area contributed by atoms with E-state index in [-0.39, 0.29) is 30.9 Å². The van der Waals surface area contributed by atoms with Crippen LogP contribution in [0.4, 0.5) is 0 Å². The molecule has 0 aromatic carbocycles. The van der Waals surface area contributed by atoms with Crippen molar-refractivity contribution in [2.24, 2.45) is 23.7 Å². The lowest BCUT2D eigenvalue weighted by atomic mass is 9.74. The second kappa shape index (κ2) is 5.36. The molecule has 5 fully saturated rings. The van der Waals surface area contributed by atoms with E-state index in [9.17, 15) is 19.8 Å². The largest absolute Gasteiger partial charge is 0.461 e. The van der Waals surface area contributed by atoms with E-state index >= 15 is 0 Å². The van der Waals surface area contributed by atoms with Gasteiger partial charge in [0.05, 0.1) is 18.4 Å². The molecule has 3 aliphatic heterocycles. The molecule has 0 aromatic heterocycles. The molecule has 2 aliphatic carbocycles. The number of epoxide rings is 1. The van der Waals surface area contributed by atoms with Crippen molar-refractivity contribution < 1.29 is 38.7 Å². The summed E-state index contributed by atoms with van der Waals surface area (Å²) in [6.45, 7) is 9.43. The maximum atomic E-state index is 12.4. The predicted octanol–water partition coefficient (Wildman–Crippen LogP) is 0.299. The van der Waals surface area contributed by atoms with Gasteiger partial charge in [-0.15, -0.1) is 0 Å². The first kappa shape index (κ1) is 18.5. The van der Waals surface area contributed by atoms with Crippen LogP contribution in [0.1, 0.15) is 33.6 Å². The van der Waals surface area contributed by atoms with Crippen molar-refractivity contribution in [3.05, 3.63) is 12.2 Å². The minimum absolute atomic E-state index is 0.0416. The Hall–Kier alpha value is -1.48. The number of esters is 2. The second-order valence-corrected chi connectivity index (χ2v) is 9.58. The summed E-state index contributed by atoms with van der Waals surface area (Å²) in [5, 5.41) is 22.6. The second-order valence-electron chi connectivity index (χ2n) is 9.58. The van der Waals surface area contributed by atoms with Crippen LogP contribution in [-0.2, 0) is 28.5 Å². The van der Waals surface area contributed by atoms with Crippen molar-refractivity contribution in [1.29, 1.82) is 0 Å². The zero-order valence-corrected chi connectivity index (χ0v) is 16.2. The van der Waals surface area contributed by atoms with E-state index in [1.807, 2.05) is 20.8 Å². The van der Waals surface area contributed by atoms with E-state index in [4.69, 9.17) is 18.9 Å². The summed E-state index contributed by atoms with van der Waals surface area (Å²) < 4.78 is 22.8. The number of carbonyl (C=O) groups excluding carboxylic acids is 2. The Kier molecular flexibility index (Phi) is 3.55. The molecule has 28 heavy (non-hydrogen) atoms. The molecule has 0 unspecified atom stereocenters. The fourth-order valence-corrected chi connectivity index (χ4v) is 6.12. The highest BCUT2D eigenvalue weighted by Gasteiger charge is 2.87. The first-order chi connectivity index (χ1) is 13.0. The van der Waals surface area contributed by atoms with Gasteiger partial charge in [0.1, 0.15) is 29.5 Å². The van der Waals surface area contributed by atoms with Crippen LogP contribution in [0.2, 0.25) is 0 Å². The Morgan fingerprint density at radius 2 is 2.11 bits per heavy atom. The standard InChI is InChI=1S/C20H26O8/c1-8(2)5-11(21)26-10-6-19(23)7-25-20(24)15(19)13(18(4)17(20)28-18)14-12(10)9(3)16(22)27-14/h8,10,12-15,17,23-24H,3,5-7H2,1-2,4H3/t10-,12-,13-,14+,15+,17+,18+,19+,20+/m1/s1. The van der Waals surface area contributed by atoms with Crippen LogP contribution in [0.3, 0.4) is 0 Å². The summed E-state index contributed by atoms with van der Waals surface area (Å²) in [6, 6.07) is 0. The Morgan fingerprint density at radius 3 is 2.79 bits per heavy atom. The highest BCUT2D eigenvalue weighted by Crippen LogP contribution is 2.70. The molecule has 154 valence electrons. The van der Waals surface area contributed by atoms with Gasteiger partial charge in [0.2, 0.25) is 5.79 Å². The van der Waals surface area contributed by atoms with Crippen LogP contribution >= 0.6 is 0 Å². The third-order valence-electron chi connectivity index (χ3n) is 7.24. The van der Waals surface area contributed by atoms with Gasteiger partial charge in [0, 0.05) is 24.3 Å². The van der Waals surface area contributed by atoms with Crippen molar-refractivity contribution in [1.82, 2.24) is 0 Å². The molecule has 0 amide bonds. The molecule has 8 heteroatoms. The van der Waals surface area contributed by atoms with E-state index in [1.165, 1.54) is 0 Å². The number of ether oxygens (including phenoxy) is 4. The maximum absolute atomic E-state index is 12.4. The average molecular weight is 394 g/mol. The number of hydrogen-bond donors (Lipinski definition) is 2. The van der Waals surface area contributed by atoms with Gasteiger partial charge < -0.3 is 29.2 Å². The normalized spacial score (nSPS) is 53.4. The van der Waals surface area contributed by atoms with Crippen molar-refractivity contribution in [2.75, 3.05) is 6.61 Å². The van der Waals surface area contributed by atoms with Gasteiger partial charge in [-0.25, -0.2) is 4.79 Å². The Labute approximate surface area is 162 Å². The molecule has 3 saturated heterocycles. The SMILES string of the molecule is C=C1C(=O)O[C@H]2[C@H]1[C@H](OC(=O)CC(C)C)C[C@]1(O)CO[C@@]3(O)[C@H]1[C@@H]2[C@]1(C)O[C@@H]13. The van der Waals surface area contributed by atoms with Gasteiger partial charge in [-0.05, 0) is 12.8 Å². The summed E-state index contributed by atoms with van der Waals surface area (Å²) in [5.41, 5.74) is -1.97. The van der Waals surface area contributed by atoms with E-state index in [2.05, 4.69) is 6.58 Å². The van der Waals surface area contributed by atoms with Crippen LogP contribution in [0.25, 0.3) is 0 Å². The molecule has 5 rings (SSSR count). The summed E-state index contributed by atoms with van der Waals surface area (Å²) in [7, 11) is 0. The van der Waals surface area contributed by atoms with Gasteiger partial charge in [0.25, 0.3) is 0 Å². The summed E-state index contributed by atoms with van der Waals surface area (Å²) in [4.78, 5) is 24.8. The molecule has 5 aliphatic rings. The highest BCUT2D eigenvalue weighted by atomic mass is 16.7. The van der Waals surface area contributed by atoms with Crippen LogP contribution < -0.4 is 0 Å². The maximum Gasteiger partial charge on any atom is 0.334 e. The minimum Gasteiger partial charge on any atom is -0.461 e. The monoisotopic (exact) mass is 394 g/mol. The van der Waals surface area contributed by atoms with Crippen molar-refractivity contribution in [3.63, 3.8) is 0 Å². The van der Waals surface area contributed by atoms with Crippen LogP contribution in [0, 0.1) is 23.7 Å². The lowest BCUT2D eigenvalue weighted by molar-refractivity contribution is -0.220. The number of aliphatic hydroxyl groups is 2. The number of rotatable bonds is 3. The van der Waals surface area contributed by atoms with E-state index in [1.54, 1.807) is 0 Å². The molecular formula is C20H26O8. The van der Waals surface area contributed by atoms with E-state index in [0.29, 0.717) is 0 Å². The van der Waals surface area contributed by atoms with E-state index < -0.39 is 65.0 Å². The van der Waals surface area contributed by atoms with Gasteiger partial charge in [-0.3, -0.25) is 4.79 Å². The third kappa shape index (κ3) is 2.15. The summed E-state index contributed by atoms with van der Waals surface area (Å²) >= 11 is 0. The van der Waals surface area contributed by atoms with Gasteiger partial charge in [0.15, 0.2) is 0 Å². The smallest absolute Gasteiger partial charge is 0.334 e. The van der Waals surface area contributed by atoms with E-state index in [0.717, 1.165) is 0 Å². The highest BCUT2D eigenvalue weighted by molar-refractivity contribution is 5.91. The molecular weight excluding hydrogens is 368 g/mol.